The number of hydrogen-bond acceptors (Lipinski definition) is 7. The highest BCUT2D eigenvalue weighted by Crippen LogP contribution is 2.28. The average Bonchev–Trinajstić information content (AvgIpc) is 3.37. The minimum Gasteiger partial charge on any atom is -0.399 e. The molecule has 138 valence electrons. The predicted molar refractivity (Wildman–Crippen MR) is 97.4 cm³/mol. The van der Waals surface area contributed by atoms with Crippen LogP contribution in [-0.2, 0) is 4.74 Å². The second-order valence-electron chi connectivity index (χ2n) is 5.92. The van der Waals surface area contributed by atoms with Crippen molar-refractivity contribution in [2.24, 2.45) is 5.10 Å². The van der Waals surface area contributed by atoms with E-state index in [1.54, 1.807) is 6.20 Å². The third-order valence-corrected chi connectivity index (χ3v) is 4.18. The first-order chi connectivity index (χ1) is 13.2. The summed E-state index contributed by atoms with van der Waals surface area (Å²) in [5.41, 5.74) is 2.80. The lowest BCUT2D eigenvalue weighted by Crippen LogP contribution is -2.33. The Labute approximate surface area is 154 Å². The first kappa shape index (κ1) is 17.0. The van der Waals surface area contributed by atoms with Gasteiger partial charge in [-0.05, 0) is 6.07 Å². The molecule has 9 nitrogen and oxygen atoms in total. The standard InChI is InChI=1S/C18H17N5O4/c24-23(25)16-7-6-15(27-16)18-14(12-19-20-18)17(13-4-2-1-3-5-13)21-22-8-10-26-11-9-22/h1-7,12H,8-11H2,(H,19,20). The predicted octanol–water partition coefficient (Wildman–Crippen LogP) is 2.66. The highest BCUT2D eigenvalue weighted by Gasteiger charge is 2.22. The van der Waals surface area contributed by atoms with E-state index in [1.807, 2.05) is 35.3 Å². The molecule has 0 amide bonds. The van der Waals surface area contributed by atoms with Crippen molar-refractivity contribution in [3.8, 4) is 11.5 Å². The normalized spacial score (nSPS) is 15.1. The molecule has 0 aliphatic carbocycles. The largest absolute Gasteiger partial charge is 0.433 e. The van der Waals surface area contributed by atoms with Crippen LogP contribution in [0.3, 0.4) is 0 Å². The van der Waals surface area contributed by atoms with Gasteiger partial charge in [0.2, 0.25) is 0 Å². The number of nitrogens with one attached hydrogen (secondary N) is 1. The Kier molecular flexibility index (Phi) is 4.67. The molecule has 3 aromatic rings. The summed E-state index contributed by atoms with van der Waals surface area (Å²) in [4.78, 5) is 10.4. The van der Waals surface area contributed by atoms with E-state index in [1.165, 1.54) is 12.1 Å². The Morgan fingerprint density at radius 2 is 1.96 bits per heavy atom. The van der Waals surface area contributed by atoms with Crippen molar-refractivity contribution in [3.05, 3.63) is 69.9 Å². The van der Waals surface area contributed by atoms with E-state index in [9.17, 15) is 10.1 Å². The molecule has 4 rings (SSSR count). The SMILES string of the molecule is O=[N+]([O-])c1ccc(-c2n[nH]cc2C(=NN2CCOCC2)c2ccccc2)o1. The number of hydrazone groups is 1. The van der Waals surface area contributed by atoms with Crippen LogP contribution < -0.4 is 0 Å². The molecule has 2 aromatic heterocycles. The van der Waals surface area contributed by atoms with Crippen LogP contribution in [-0.4, -0.2) is 52.1 Å². The van der Waals surface area contributed by atoms with E-state index < -0.39 is 4.92 Å². The van der Waals surface area contributed by atoms with E-state index in [-0.39, 0.29) is 5.88 Å². The molecule has 0 radical (unpaired) electrons. The Balaban J connectivity index is 1.78. The minimum atomic E-state index is -0.574. The lowest BCUT2D eigenvalue weighted by atomic mass is 10.0. The molecule has 1 aromatic carbocycles. The van der Waals surface area contributed by atoms with E-state index in [0.29, 0.717) is 49.0 Å². The van der Waals surface area contributed by atoms with Gasteiger partial charge in [-0.2, -0.15) is 10.2 Å². The van der Waals surface area contributed by atoms with Gasteiger partial charge in [-0.1, -0.05) is 30.3 Å². The van der Waals surface area contributed by atoms with Crippen molar-refractivity contribution in [1.82, 2.24) is 15.2 Å². The van der Waals surface area contributed by atoms with Crippen molar-refractivity contribution in [1.29, 1.82) is 0 Å². The smallest absolute Gasteiger partial charge is 0.399 e. The molecule has 0 atom stereocenters. The maximum absolute atomic E-state index is 10.9. The number of rotatable bonds is 5. The van der Waals surface area contributed by atoms with Gasteiger partial charge in [0.05, 0.1) is 37.9 Å². The molecule has 9 heteroatoms. The molecule has 0 saturated carbocycles. The molecular formula is C18H17N5O4. The molecule has 3 heterocycles. The number of ether oxygens (including phenoxy) is 1. The van der Waals surface area contributed by atoms with E-state index in [4.69, 9.17) is 14.3 Å². The second kappa shape index (κ2) is 7.42. The summed E-state index contributed by atoms with van der Waals surface area (Å²) in [5, 5.41) is 24.7. The van der Waals surface area contributed by atoms with Crippen LogP contribution in [0.25, 0.3) is 11.5 Å². The Morgan fingerprint density at radius 1 is 1.19 bits per heavy atom. The number of aromatic nitrogens is 2. The van der Waals surface area contributed by atoms with Crippen LogP contribution >= 0.6 is 0 Å². The summed E-state index contributed by atoms with van der Waals surface area (Å²) in [7, 11) is 0. The molecule has 1 N–H and O–H groups in total. The third kappa shape index (κ3) is 3.58. The molecule has 1 aliphatic rings. The van der Waals surface area contributed by atoms with Crippen molar-refractivity contribution >= 4 is 11.6 Å². The molecule has 0 spiro atoms. The monoisotopic (exact) mass is 367 g/mol. The van der Waals surface area contributed by atoms with Crippen LogP contribution in [0.15, 0.2) is 58.2 Å². The number of hydrogen-bond donors (Lipinski definition) is 1. The van der Waals surface area contributed by atoms with Crippen LogP contribution in [0.5, 0.6) is 0 Å². The first-order valence-corrected chi connectivity index (χ1v) is 8.48. The van der Waals surface area contributed by atoms with Gasteiger partial charge in [-0.25, -0.2) is 0 Å². The Morgan fingerprint density at radius 3 is 2.67 bits per heavy atom. The summed E-state index contributed by atoms with van der Waals surface area (Å²) in [6, 6.07) is 12.6. The van der Waals surface area contributed by atoms with Gasteiger partial charge in [0.15, 0.2) is 5.76 Å². The summed E-state index contributed by atoms with van der Waals surface area (Å²) in [6.45, 7) is 2.62. The quantitative estimate of drug-likeness (QED) is 0.422. The van der Waals surface area contributed by atoms with Crippen LogP contribution in [0, 0.1) is 10.1 Å². The summed E-state index contributed by atoms with van der Waals surface area (Å²) in [6.07, 6.45) is 1.72. The van der Waals surface area contributed by atoms with Gasteiger partial charge in [-0.3, -0.25) is 20.2 Å². The van der Waals surface area contributed by atoms with Crippen molar-refractivity contribution in [2.75, 3.05) is 26.3 Å². The first-order valence-electron chi connectivity index (χ1n) is 8.48. The van der Waals surface area contributed by atoms with Crippen molar-refractivity contribution < 1.29 is 14.1 Å². The number of aromatic amines is 1. The maximum Gasteiger partial charge on any atom is 0.433 e. The third-order valence-electron chi connectivity index (χ3n) is 4.18. The molecule has 27 heavy (non-hydrogen) atoms. The summed E-state index contributed by atoms with van der Waals surface area (Å²) >= 11 is 0. The van der Waals surface area contributed by atoms with Gasteiger partial charge in [0, 0.05) is 11.8 Å². The number of morpholine rings is 1. The minimum absolute atomic E-state index is 0.309. The molecule has 1 saturated heterocycles. The highest BCUT2D eigenvalue weighted by atomic mass is 16.6. The molecule has 0 unspecified atom stereocenters. The summed E-state index contributed by atoms with van der Waals surface area (Å²) in [5.74, 6) is -0.0195. The van der Waals surface area contributed by atoms with Gasteiger partial charge in [-0.15, -0.1) is 0 Å². The Hall–Kier alpha value is -3.46. The molecule has 1 fully saturated rings. The lowest BCUT2D eigenvalue weighted by Gasteiger charge is -2.25. The number of benzene rings is 1. The Bertz CT molecular complexity index is 957. The molecule has 1 aliphatic heterocycles. The van der Waals surface area contributed by atoms with Gasteiger partial charge < -0.3 is 9.15 Å². The maximum atomic E-state index is 10.9. The zero-order valence-corrected chi connectivity index (χ0v) is 14.4. The number of furan rings is 1. The van der Waals surface area contributed by atoms with Crippen LogP contribution in [0.4, 0.5) is 5.88 Å². The fraction of sp³-hybridized carbons (Fsp3) is 0.222. The van der Waals surface area contributed by atoms with Crippen molar-refractivity contribution in [3.63, 3.8) is 0 Å². The number of nitro groups is 1. The fourth-order valence-corrected chi connectivity index (χ4v) is 2.87. The zero-order valence-electron chi connectivity index (χ0n) is 14.4. The van der Waals surface area contributed by atoms with E-state index >= 15 is 0 Å². The zero-order chi connectivity index (χ0) is 18.6. The average molecular weight is 367 g/mol. The molecular weight excluding hydrogens is 350 g/mol. The van der Waals surface area contributed by atoms with Crippen LogP contribution in [0.2, 0.25) is 0 Å². The van der Waals surface area contributed by atoms with Gasteiger partial charge in [0.25, 0.3) is 0 Å². The van der Waals surface area contributed by atoms with Crippen LogP contribution in [0.1, 0.15) is 11.1 Å². The lowest BCUT2D eigenvalue weighted by molar-refractivity contribution is -0.401. The van der Waals surface area contributed by atoms with Crippen molar-refractivity contribution in [2.45, 2.75) is 0 Å². The highest BCUT2D eigenvalue weighted by molar-refractivity contribution is 6.15. The topological polar surface area (TPSA) is 110 Å². The molecule has 0 bridgehead atoms. The van der Waals surface area contributed by atoms with Gasteiger partial charge >= 0.3 is 5.88 Å². The number of H-pyrrole nitrogens is 1. The second-order valence-corrected chi connectivity index (χ2v) is 5.92. The van der Waals surface area contributed by atoms with Gasteiger partial charge in [0.1, 0.15) is 16.3 Å². The van der Waals surface area contributed by atoms with E-state index in [0.717, 1.165) is 5.56 Å². The fourth-order valence-electron chi connectivity index (χ4n) is 2.87. The summed E-state index contributed by atoms with van der Waals surface area (Å²) < 4.78 is 10.7. The van der Waals surface area contributed by atoms with E-state index in [2.05, 4.69) is 10.2 Å². The number of nitrogens with zero attached hydrogens (tertiary/aromatic N) is 4.